The summed E-state index contributed by atoms with van der Waals surface area (Å²) >= 11 is 7.73. The highest BCUT2D eigenvalue weighted by Gasteiger charge is 2.47. The number of thiophene rings is 1. The van der Waals surface area contributed by atoms with Gasteiger partial charge < -0.3 is 5.11 Å². The van der Waals surface area contributed by atoms with Gasteiger partial charge in [0.1, 0.15) is 11.8 Å². The van der Waals surface area contributed by atoms with Crippen molar-refractivity contribution in [3.8, 4) is 0 Å². The molecule has 3 aromatic rings. The number of aliphatic hydroxyl groups excluding tert-OH is 1. The molecule has 1 aliphatic heterocycles. The van der Waals surface area contributed by atoms with E-state index in [4.69, 9.17) is 11.6 Å². The molecule has 0 radical (unpaired) electrons. The van der Waals surface area contributed by atoms with E-state index in [-0.39, 0.29) is 11.3 Å². The van der Waals surface area contributed by atoms with Crippen molar-refractivity contribution in [3.05, 3.63) is 91.6 Å². The standard InChI is InChI=1S/C24H20ClNO3S/c1-13-6-7-14(2)17(11-13)22(27)20-21(19-5-4-10-30-19)26(24(29)23(20)28)16-9-8-15(3)18(25)12-16/h4-12,21,27H,1-3H3/b22-20-. The van der Waals surface area contributed by atoms with Crippen LogP contribution in [-0.4, -0.2) is 16.8 Å². The minimum Gasteiger partial charge on any atom is -0.507 e. The summed E-state index contributed by atoms with van der Waals surface area (Å²) in [5, 5.41) is 13.6. The van der Waals surface area contributed by atoms with Gasteiger partial charge in [0.05, 0.1) is 5.57 Å². The van der Waals surface area contributed by atoms with Crippen molar-refractivity contribution in [2.75, 3.05) is 4.90 Å². The van der Waals surface area contributed by atoms with Gasteiger partial charge in [0.25, 0.3) is 11.7 Å². The van der Waals surface area contributed by atoms with E-state index in [0.29, 0.717) is 16.3 Å². The van der Waals surface area contributed by atoms with E-state index >= 15 is 0 Å². The second kappa shape index (κ2) is 7.74. The third-order valence-corrected chi connectivity index (χ3v) is 6.67. The molecule has 1 saturated heterocycles. The third kappa shape index (κ3) is 3.34. The first-order chi connectivity index (χ1) is 14.3. The predicted octanol–water partition coefficient (Wildman–Crippen LogP) is 5.95. The van der Waals surface area contributed by atoms with Gasteiger partial charge in [-0.25, -0.2) is 0 Å². The monoisotopic (exact) mass is 437 g/mol. The zero-order chi connectivity index (χ0) is 21.6. The molecule has 1 atom stereocenters. The van der Waals surface area contributed by atoms with Gasteiger partial charge in [-0.3, -0.25) is 14.5 Å². The van der Waals surface area contributed by atoms with Gasteiger partial charge in [-0.05, 0) is 61.5 Å². The number of ketones is 1. The largest absolute Gasteiger partial charge is 0.507 e. The SMILES string of the molecule is Cc1ccc(C)c(/C(O)=C2/C(=O)C(=O)N(c3ccc(C)c(Cl)c3)C2c2cccs2)c1. The van der Waals surface area contributed by atoms with Crippen molar-refractivity contribution in [2.24, 2.45) is 0 Å². The second-order valence-electron chi connectivity index (χ2n) is 7.44. The van der Waals surface area contributed by atoms with Crippen LogP contribution < -0.4 is 4.90 Å². The van der Waals surface area contributed by atoms with Crippen molar-refractivity contribution in [2.45, 2.75) is 26.8 Å². The summed E-state index contributed by atoms with van der Waals surface area (Å²) in [6.45, 7) is 5.65. The highest BCUT2D eigenvalue weighted by Crippen LogP contribution is 2.44. The van der Waals surface area contributed by atoms with Gasteiger partial charge >= 0.3 is 0 Å². The molecule has 0 aliphatic carbocycles. The van der Waals surface area contributed by atoms with Crippen LogP contribution >= 0.6 is 22.9 Å². The number of anilines is 1. The van der Waals surface area contributed by atoms with Crippen molar-refractivity contribution in [1.82, 2.24) is 0 Å². The Bertz CT molecular complexity index is 1200. The molecule has 2 heterocycles. The molecular weight excluding hydrogens is 418 g/mol. The summed E-state index contributed by atoms with van der Waals surface area (Å²) in [6.07, 6.45) is 0. The number of nitrogens with zero attached hydrogens (tertiary/aromatic N) is 1. The molecule has 1 aliphatic rings. The molecule has 30 heavy (non-hydrogen) atoms. The summed E-state index contributed by atoms with van der Waals surface area (Å²) in [5.74, 6) is -1.54. The predicted molar refractivity (Wildman–Crippen MR) is 121 cm³/mol. The van der Waals surface area contributed by atoms with Crippen LogP contribution in [0.2, 0.25) is 5.02 Å². The number of carbonyl (C=O) groups excluding carboxylic acids is 2. The summed E-state index contributed by atoms with van der Waals surface area (Å²) < 4.78 is 0. The average molecular weight is 438 g/mol. The quantitative estimate of drug-likeness (QED) is 0.313. The zero-order valence-corrected chi connectivity index (χ0v) is 18.3. The van der Waals surface area contributed by atoms with Crippen LogP contribution in [0.4, 0.5) is 5.69 Å². The number of aryl methyl sites for hydroxylation is 3. The van der Waals surface area contributed by atoms with Gasteiger partial charge in [-0.1, -0.05) is 41.4 Å². The Balaban J connectivity index is 1.96. The normalized spacial score (nSPS) is 18.3. The lowest BCUT2D eigenvalue weighted by Gasteiger charge is -2.24. The maximum Gasteiger partial charge on any atom is 0.300 e. The number of Topliss-reactive ketones (excluding diaryl/α,β-unsaturated/α-hetero) is 1. The lowest BCUT2D eigenvalue weighted by molar-refractivity contribution is -0.132. The Labute approximate surface area is 184 Å². The van der Waals surface area contributed by atoms with Crippen LogP contribution in [0, 0.1) is 20.8 Å². The van der Waals surface area contributed by atoms with E-state index < -0.39 is 17.7 Å². The number of carbonyl (C=O) groups is 2. The van der Waals surface area contributed by atoms with Crippen LogP contribution in [0.1, 0.15) is 33.2 Å². The molecule has 1 amide bonds. The molecule has 0 saturated carbocycles. The molecule has 6 heteroatoms. The van der Waals surface area contributed by atoms with Crippen molar-refractivity contribution >= 4 is 46.1 Å². The Hall–Kier alpha value is -2.89. The van der Waals surface area contributed by atoms with Crippen LogP contribution in [0.5, 0.6) is 0 Å². The van der Waals surface area contributed by atoms with Gasteiger partial charge in [0.2, 0.25) is 0 Å². The lowest BCUT2D eigenvalue weighted by Crippen LogP contribution is -2.29. The summed E-state index contributed by atoms with van der Waals surface area (Å²) in [4.78, 5) is 28.4. The highest BCUT2D eigenvalue weighted by molar-refractivity contribution is 7.10. The maximum absolute atomic E-state index is 13.1. The molecule has 152 valence electrons. The van der Waals surface area contributed by atoms with Crippen LogP contribution in [0.15, 0.2) is 59.5 Å². The number of amides is 1. The highest BCUT2D eigenvalue weighted by atomic mass is 35.5. The van der Waals surface area contributed by atoms with Crippen LogP contribution in [-0.2, 0) is 9.59 Å². The first kappa shape index (κ1) is 20.4. The first-order valence-electron chi connectivity index (χ1n) is 9.47. The summed E-state index contributed by atoms with van der Waals surface area (Å²) in [6, 6.07) is 13.9. The van der Waals surface area contributed by atoms with E-state index in [1.807, 2.05) is 62.5 Å². The second-order valence-corrected chi connectivity index (χ2v) is 8.82. The topological polar surface area (TPSA) is 57.6 Å². The summed E-state index contributed by atoms with van der Waals surface area (Å²) in [5.41, 5.74) is 3.82. The maximum atomic E-state index is 13.1. The first-order valence-corrected chi connectivity index (χ1v) is 10.7. The summed E-state index contributed by atoms with van der Waals surface area (Å²) in [7, 11) is 0. The Morgan fingerprint density at radius 2 is 1.77 bits per heavy atom. The van der Waals surface area contributed by atoms with E-state index in [1.165, 1.54) is 16.2 Å². The fourth-order valence-electron chi connectivity index (χ4n) is 3.68. The zero-order valence-electron chi connectivity index (χ0n) is 16.8. The van der Waals surface area contributed by atoms with E-state index in [0.717, 1.165) is 21.6 Å². The van der Waals surface area contributed by atoms with Gasteiger partial charge in [-0.2, -0.15) is 0 Å². The third-order valence-electron chi connectivity index (χ3n) is 5.34. The van der Waals surface area contributed by atoms with Gasteiger partial charge in [-0.15, -0.1) is 11.3 Å². The molecule has 1 fully saturated rings. The van der Waals surface area contributed by atoms with Crippen molar-refractivity contribution in [3.63, 3.8) is 0 Å². The minimum atomic E-state index is -0.719. The van der Waals surface area contributed by atoms with E-state index in [1.54, 1.807) is 12.1 Å². The Morgan fingerprint density at radius 3 is 2.43 bits per heavy atom. The van der Waals surface area contributed by atoms with E-state index in [9.17, 15) is 14.7 Å². The number of halogens is 1. The average Bonchev–Trinajstić information content (AvgIpc) is 3.33. The molecule has 2 aromatic carbocycles. The Morgan fingerprint density at radius 1 is 1.03 bits per heavy atom. The number of hydrogen-bond donors (Lipinski definition) is 1. The molecule has 0 spiro atoms. The van der Waals surface area contributed by atoms with Gasteiger partial charge in [0, 0.05) is 21.2 Å². The van der Waals surface area contributed by atoms with Crippen molar-refractivity contribution < 1.29 is 14.7 Å². The number of rotatable bonds is 3. The lowest BCUT2D eigenvalue weighted by atomic mass is 9.96. The molecule has 0 bridgehead atoms. The molecule has 1 aromatic heterocycles. The molecule has 1 N–H and O–H groups in total. The fourth-order valence-corrected chi connectivity index (χ4v) is 4.68. The van der Waals surface area contributed by atoms with Crippen LogP contribution in [0.3, 0.4) is 0 Å². The molecule has 1 unspecified atom stereocenters. The van der Waals surface area contributed by atoms with Crippen LogP contribution in [0.25, 0.3) is 5.76 Å². The fraction of sp³-hybridized carbons (Fsp3) is 0.167. The molecule has 4 nitrogen and oxygen atoms in total. The molecular formula is C24H20ClNO3S. The Kier molecular flexibility index (Phi) is 5.26. The van der Waals surface area contributed by atoms with E-state index in [2.05, 4.69) is 0 Å². The number of aliphatic hydroxyl groups is 1. The van der Waals surface area contributed by atoms with Gasteiger partial charge in [0.15, 0.2) is 0 Å². The number of hydrogen-bond acceptors (Lipinski definition) is 4. The smallest absolute Gasteiger partial charge is 0.300 e. The number of benzene rings is 2. The van der Waals surface area contributed by atoms with Crippen molar-refractivity contribution in [1.29, 1.82) is 0 Å². The minimum absolute atomic E-state index is 0.0906. The molecule has 4 rings (SSSR count).